The molecular formula is C36H44FN5O5. The van der Waals surface area contributed by atoms with Crippen LogP contribution in [0.1, 0.15) is 97.5 Å². The Morgan fingerprint density at radius 1 is 0.957 bits per heavy atom. The number of piperazine rings is 1. The number of benzene rings is 2. The minimum atomic E-state index is -0.686. The first-order valence-corrected chi connectivity index (χ1v) is 16.6. The van der Waals surface area contributed by atoms with Crippen LogP contribution >= 0.6 is 0 Å². The summed E-state index contributed by atoms with van der Waals surface area (Å²) in [7, 11) is 0. The number of carbonyl (C=O) groups excluding carboxylic acids is 3. The maximum atomic E-state index is 15.8. The number of esters is 1. The second kappa shape index (κ2) is 13.4. The summed E-state index contributed by atoms with van der Waals surface area (Å²) < 4.78 is 26.9. The van der Waals surface area contributed by atoms with Crippen LogP contribution in [0.25, 0.3) is 0 Å². The fourth-order valence-electron chi connectivity index (χ4n) is 6.48. The smallest absolute Gasteiger partial charge is 0.309 e. The summed E-state index contributed by atoms with van der Waals surface area (Å²) >= 11 is 0. The minimum absolute atomic E-state index is 0.132. The summed E-state index contributed by atoms with van der Waals surface area (Å²) in [6, 6.07) is 10.6. The normalized spacial score (nSPS) is 20.1. The summed E-state index contributed by atoms with van der Waals surface area (Å²) in [5.74, 6) is -1.61. The molecule has 3 aliphatic rings. The van der Waals surface area contributed by atoms with Gasteiger partial charge in [-0.3, -0.25) is 14.4 Å². The highest BCUT2D eigenvalue weighted by atomic mass is 19.1. The molecule has 1 saturated heterocycles. The highest BCUT2D eigenvalue weighted by Crippen LogP contribution is 2.39. The number of aromatic nitrogens is 1. The zero-order valence-corrected chi connectivity index (χ0v) is 27.6. The van der Waals surface area contributed by atoms with E-state index in [1.54, 1.807) is 0 Å². The summed E-state index contributed by atoms with van der Waals surface area (Å²) in [5.41, 5.74) is 2.51. The Balaban J connectivity index is 1.21. The van der Waals surface area contributed by atoms with Crippen LogP contribution in [-0.2, 0) is 9.53 Å². The molecule has 2 aliphatic carbocycles. The van der Waals surface area contributed by atoms with E-state index in [0.717, 1.165) is 24.9 Å². The molecule has 2 aromatic carbocycles. The van der Waals surface area contributed by atoms with Crippen molar-refractivity contribution in [2.24, 2.45) is 5.92 Å². The van der Waals surface area contributed by atoms with Crippen molar-refractivity contribution >= 4 is 34.8 Å². The number of oxazole rings is 1. The second-order valence-corrected chi connectivity index (χ2v) is 14.0. The zero-order chi connectivity index (χ0) is 33.3. The lowest BCUT2D eigenvalue weighted by atomic mass is 9.85. The van der Waals surface area contributed by atoms with Crippen molar-refractivity contribution in [3.05, 3.63) is 71.2 Å². The Hall–Kier alpha value is -4.41. The Morgan fingerprint density at radius 2 is 1.66 bits per heavy atom. The van der Waals surface area contributed by atoms with Crippen LogP contribution in [0.5, 0.6) is 0 Å². The molecule has 1 aliphatic heterocycles. The van der Waals surface area contributed by atoms with Gasteiger partial charge in [-0.05, 0) is 77.5 Å². The molecular weight excluding hydrogens is 601 g/mol. The molecule has 6 rings (SSSR count). The maximum Gasteiger partial charge on any atom is 0.309 e. The first kappa shape index (κ1) is 32.5. The molecule has 2 amide bonds. The molecule has 3 aromatic rings. The number of para-hydroxylation sites is 1. The molecule has 3 fully saturated rings. The first-order valence-electron chi connectivity index (χ1n) is 16.6. The molecule has 0 spiro atoms. The van der Waals surface area contributed by atoms with Gasteiger partial charge in [-0.15, -0.1) is 0 Å². The van der Waals surface area contributed by atoms with Crippen LogP contribution in [0, 0.1) is 18.7 Å². The Kier molecular flexibility index (Phi) is 9.25. The van der Waals surface area contributed by atoms with Gasteiger partial charge in [0.1, 0.15) is 17.7 Å². The van der Waals surface area contributed by atoms with E-state index in [0.29, 0.717) is 62.7 Å². The van der Waals surface area contributed by atoms with Gasteiger partial charge in [0.05, 0.1) is 22.9 Å². The summed E-state index contributed by atoms with van der Waals surface area (Å²) in [6.07, 6.45) is 5.82. The fraction of sp³-hybridized carbons (Fsp3) is 0.500. The zero-order valence-electron chi connectivity index (χ0n) is 27.6. The standard InChI is InChI=1S/C36H44FN5O5/c1-22-8-5-6-11-30(22)41-14-16-42(17-15-41)31-20-27(37)26(19-28(31)39-33(44)29-21-46-34(40-29)23-12-13-23)32(43)38-25-10-7-9-24(18-25)35(45)47-36(2,3)4/h5-6,8,11,19-21,23-25H,7,9-10,12-18H2,1-4H3,(H,38,43)(H,39,44)/t24-,25-/m0/s1. The summed E-state index contributed by atoms with van der Waals surface area (Å²) in [6.45, 7) is 10.2. The lowest BCUT2D eigenvalue weighted by Crippen LogP contribution is -2.47. The molecule has 2 N–H and O–H groups in total. The number of halogens is 1. The number of hydrogen-bond donors (Lipinski definition) is 2. The van der Waals surface area contributed by atoms with Gasteiger partial charge < -0.3 is 29.6 Å². The van der Waals surface area contributed by atoms with E-state index in [4.69, 9.17) is 9.15 Å². The van der Waals surface area contributed by atoms with Crippen molar-refractivity contribution in [3.63, 3.8) is 0 Å². The van der Waals surface area contributed by atoms with Crippen molar-refractivity contribution < 1.29 is 27.9 Å². The van der Waals surface area contributed by atoms with Gasteiger partial charge in [0.25, 0.3) is 11.8 Å². The topological polar surface area (TPSA) is 117 Å². The third-order valence-corrected chi connectivity index (χ3v) is 9.09. The van der Waals surface area contributed by atoms with E-state index in [9.17, 15) is 14.4 Å². The number of nitrogens with zero attached hydrogens (tertiary/aromatic N) is 3. The molecule has 2 heterocycles. The largest absolute Gasteiger partial charge is 0.460 e. The number of rotatable bonds is 8. The SMILES string of the molecule is Cc1ccccc1N1CCN(c2cc(F)c(C(=O)N[C@H]3CCC[C@H](C(=O)OC(C)(C)C)C3)cc2NC(=O)c2coc(C3CC3)n2)CC1. The second-order valence-electron chi connectivity index (χ2n) is 14.0. The van der Waals surface area contributed by atoms with Crippen molar-refractivity contribution in [2.45, 2.75) is 83.8 Å². The fourth-order valence-corrected chi connectivity index (χ4v) is 6.48. The molecule has 10 nitrogen and oxygen atoms in total. The Labute approximate surface area is 275 Å². The molecule has 1 aromatic heterocycles. The molecule has 2 saturated carbocycles. The van der Waals surface area contributed by atoms with Crippen LogP contribution in [-0.4, -0.2) is 60.6 Å². The van der Waals surface area contributed by atoms with Gasteiger partial charge in [-0.2, -0.15) is 0 Å². The van der Waals surface area contributed by atoms with Crippen LogP contribution in [0.2, 0.25) is 0 Å². The van der Waals surface area contributed by atoms with Gasteiger partial charge in [0.2, 0.25) is 0 Å². The molecule has 47 heavy (non-hydrogen) atoms. The van der Waals surface area contributed by atoms with Gasteiger partial charge in [0.15, 0.2) is 11.6 Å². The monoisotopic (exact) mass is 645 g/mol. The Morgan fingerprint density at radius 3 is 2.34 bits per heavy atom. The van der Waals surface area contributed by atoms with Crippen molar-refractivity contribution in [3.8, 4) is 0 Å². The van der Waals surface area contributed by atoms with E-state index in [1.165, 1.54) is 24.0 Å². The third-order valence-electron chi connectivity index (χ3n) is 9.09. The quantitative estimate of drug-likeness (QED) is 0.278. The van der Waals surface area contributed by atoms with Crippen molar-refractivity contribution in [1.29, 1.82) is 0 Å². The average molecular weight is 646 g/mol. The van der Waals surface area contributed by atoms with E-state index >= 15 is 4.39 Å². The van der Waals surface area contributed by atoms with Crippen LogP contribution < -0.4 is 20.4 Å². The minimum Gasteiger partial charge on any atom is -0.460 e. The maximum absolute atomic E-state index is 15.8. The molecule has 0 radical (unpaired) electrons. The number of nitrogens with one attached hydrogen (secondary N) is 2. The van der Waals surface area contributed by atoms with E-state index < -0.39 is 23.2 Å². The predicted molar refractivity (Wildman–Crippen MR) is 177 cm³/mol. The number of ether oxygens (including phenoxy) is 1. The van der Waals surface area contributed by atoms with E-state index in [-0.39, 0.29) is 35.1 Å². The lowest BCUT2D eigenvalue weighted by Gasteiger charge is -2.38. The van der Waals surface area contributed by atoms with Gasteiger partial charge in [-0.25, -0.2) is 9.37 Å². The van der Waals surface area contributed by atoms with Crippen LogP contribution in [0.4, 0.5) is 21.5 Å². The Bertz CT molecular complexity index is 1640. The molecule has 11 heteroatoms. The molecule has 250 valence electrons. The molecule has 2 atom stereocenters. The highest BCUT2D eigenvalue weighted by Gasteiger charge is 2.33. The lowest BCUT2D eigenvalue weighted by molar-refractivity contribution is -0.161. The third kappa shape index (κ3) is 7.77. The number of aryl methyl sites for hydroxylation is 1. The molecule has 0 bridgehead atoms. The van der Waals surface area contributed by atoms with Crippen molar-refractivity contribution in [2.75, 3.05) is 41.3 Å². The van der Waals surface area contributed by atoms with Gasteiger partial charge >= 0.3 is 5.97 Å². The van der Waals surface area contributed by atoms with Crippen LogP contribution in [0.3, 0.4) is 0 Å². The van der Waals surface area contributed by atoms with Gasteiger partial charge in [-0.1, -0.05) is 24.6 Å². The number of hydrogen-bond acceptors (Lipinski definition) is 8. The highest BCUT2D eigenvalue weighted by molar-refractivity contribution is 6.06. The van der Waals surface area contributed by atoms with E-state index in [1.807, 2.05) is 37.8 Å². The average Bonchev–Trinajstić information content (AvgIpc) is 3.77. The predicted octanol–water partition coefficient (Wildman–Crippen LogP) is 6.21. The van der Waals surface area contributed by atoms with Crippen molar-refractivity contribution in [1.82, 2.24) is 10.3 Å². The van der Waals surface area contributed by atoms with E-state index in [2.05, 4.69) is 39.6 Å². The number of anilines is 3. The van der Waals surface area contributed by atoms with Gasteiger partial charge in [0, 0.05) is 49.9 Å². The molecule has 0 unspecified atom stereocenters. The number of carbonyl (C=O) groups is 3. The summed E-state index contributed by atoms with van der Waals surface area (Å²) in [4.78, 5) is 48.3. The summed E-state index contributed by atoms with van der Waals surface area (Å²) in [5, 5.41) is 5.83. The van der Waals surface area contributed by atoms with Crippen LogP contribution in [0.15, 0.2) is 47.1 Å². The first-order chi connectivity index (χ1) is 22.4. The number of amides is 2.